The molecule has 0 atom stereocenters. The van der Waals surface area contributed by atoms with Crippen molar-refractivity contribution < 1.29 is 4.79 Å². The number of carbonyl (C=O) groups is 1. The zero-order valence-electron chi connectivity index (χ0n) is 5.77. The Morgan fingerprint density at radius 2 is 2.10 bits per heavy atom. The summed E-state index contributed by atoms with van der Waals surface area (Å²) in [7, 11) is 0. The van der Waals surface area contributed by atoms with Crippen LogP contribution in [0.1, 0.15) is 12.8 Å². The summed E-state index contributed by atoms with van der Waals surface area (Å²) in [6.07, 6.45) is 2.24. The molecule has 1 aliphatic rings. The molecule has 2 amide bonds. The van der Waals surface area contributed by atoms with Gasteiger partial charge in [0, 0.05) is 13.1 Å². The van der Waals surface area contributed by atoms with Crippen LogP contribution in [0.15, 0.2) is 0 Å². The second-order valence-electron chi connectivity index (χ2n) is 2.31. The molecule has 0 radical (unpaired) electrons. The van der Waals surface area contributed by atoms with E-state index >= 15 is 0 Å². The standard InChI is InChI=1S/C6H11ClN2O/c7-5-8-6(10)9-3-1-2-4-9/h1-5H2,(H,8,10). The minimum Gasteiger partial charge on any atom is -0.325 e. The lowest BCUT2D eigenvalue weighted by Crippen LogP contribution is -2.37. The number of alkyl halides is 1. The van der Waals surface area contributed by atoms with E-state index in [1.807, 2.05) is 0 Å². The van der Waals surface area contributed by atoms with E-state index in [1.54, 1.807) is 4.90 Å². The minimum absolute atomic E-state index is 0.0347. The SMILES string of the molecule is O=C(NCCl)N1CCCC1. The van der Waals surface area contributed by atoms with Crippen molar-refractivity contribution in [3.05, 3.63) is 0 Å². The molecule has 0 aromatic heterocycles. The molecule has 0 aromatic rings. The molecule has 1 rings (SSSR count). The topological polar surface area (TPSA) is 32.3 Å². The Balaban J connectivity index is 2.25. The fourth-order valence-corrected chi connectivity index (χ4v) is 1.20. The number of hydrogen-bond acceptors (Lipinski definition) is 1. The Hall–Kier alpha value is -0.440. The fraction of sp³-hybridized carbons (Fsp3) is 0.833. The summed E-state index contributed by atoms with van der Waals surface area (Å²) in [5.41, 5.74) is 0. The summed E-state index contributed by atoms with van der Waals surface area (Å²) in [6, 6.07) is 0.169. The number of carbonyl (C=O) groups excluding carboxylic acids is 1. The third-order valence-corrected chi connectivity index (χ3v) is 1.74. The van der Waals surface area contributed by atoms with Crippen LogP contribution in [0.3, 0.4) is 0 Å². The van der Waals surface area contributed by atoms with Crippen LogP contribution in [0, 0.1) is 0 Å². The van der Waals surface area contributed by atoms with Crippen LogP contribution in [0.5, 0.6) is 0 Å². The lowest BCUT2D eigenvalue weighted by molar-refractivity contribution is 0.210. The van der Waals surface area contributed by atoms with Gasteiger partial charge in [0.15, 0.2) is 0 Å². The van der Waals surface area contributed by atoms with E-state index in [2.05, 4.69) is 5.32 Å². The molecule has 4 heteroatoms. The highest BCUT2D eigenvalue weighted by molar-refractivity contribution is 6.18. The normalized spacial score (nSPS) is 17.5. The second-order valence-corrected chi connectivity index (χ2v) is 2.58. The molecular formula is C6H11ClN2O. The van der Waals surface area contributed by atoms with Crippen LogP contribution in [-0.4, -0.2) is 30.0 Å². The number of nitrogens with zero attached hydrogens (tertiary/aromatic N) is 1. The number of nitrogens with one attached hydrogen (secondary N) is 1. The van der Waals surface area contributed by atoms with Gasteiger partial charge in [-0.3, -0.25) is 0 Å². The van der Waals surface area contributed by atoms with E-state index in [0.29, 0.717) is 0 Å². The highest BCUT2D eigenvalue weighted by atomic mass is 35.5. The van der Waals surface area contributed by atoms with Gasteiger partial charge in [0.2, 0.25) is 0 Å². The number of rotatable bonds is 1. The third-order valence-electron chi connectivity index (χ3n) is 1.61. The molecule has 3 nitrogen and oxygen atoms in total. The Kier molecular flexibility index (Phi) is 2.81. The molecule has 1 saturated heterocycles. The zero-order chi connectivity index (χ0) is 7.40. The van der Waals surface area contributed by atoms with E-state index in [4.69, 9.17) is 11.6 Å². The summed E-state index contributed by atoms with van der Waals surface area (Å²) in [5.74, 6) is 0. The number of hydrogen-bond donors (Lipinski definition) is 1. The van der Waals surface area contributed by atoms with Crippen molar-refractivity contribution in [3.8, 4) is 0 Å². The summed E-state index contributed by atoms with van der Waals surface area (Å²) < 4.78 is 0. The summed E-state index contributed by atoms with van der Waals surface area (Å²) in [6.45, 7) is 1.76. The monoisotopic (exact) mass is 162 g/mol. The zero-order valence-corrected chi connectivity index (χ0v) is 6.52. The fourth-order valence-electron chi connectivity index (χ4n) is 1.09. The van der Waals surface area contributed by atoms with Crippen LogP contribution in [-0.2, 0) is 0 Å². The maximum absolute atomic E-state index is 11.0. The highest BCUT2D eigenvalue weighted by Gasteiger charge is 2.16. The minimum atomic E-state index is -0.0347. The van der Waals surface area contributed by atoms with Gasteiger partial charge in [0.25, 0.3) is 0 Å². The lowest BCUT2D eigenvalue weighted by Gasteiger charge is -2.14. The molecule has 0 aliphatic carbocycles. The van der Waals surface area contributed by atoms with Gasteiger partial charge >= 0.3 is 6.03 Å². The molecule has 10 heavy (non-hydrogen) atoms. The molecule has 1 fully saturated rings. The van der Waals surface area contributed by atoms with E-state index in [1.165, 1.54) is 0 Å². The van der Waals surface area contributed by atoms with Crippen molar-refractivity contribution in [2.45, 2.75) is 12.8 Å². The molecule has 1 N–H and O–H groups in total. The first kappa shape index (κ1) is 7.66. The van der Waals surface area contributed by atoms with Crippen LogP contribution in [0.2, 0.25) is 0 Å². The van der Waals surface area contributed by atoms with Crippen molar-refractivity contribution >= 4 is 17.6 Å². The van der Waals surface area contributed by atoms with Crippen LogP contribution in [0.4, 0.5) is 4.79 Å². The lowest BCUT2D eigenvalue weighted by atomic mass is 10.4. The Morgan fingerprint density at radius 3 is 2.60 bits per heavy atom. The first-order valence-electron chi connectivity index (χ1n) is 3.43. The first-order valence-corrected chi connectivity index (χ1v) is 3.97. The molecule has 0 aromatic carbocycles. The summed E-state index contributed by atoms with van der Waals surface area (Å²) in [4.78, 5) is 12.8. The van der Waals surface area contributed by atoms with Gasteiger partial charge in [-0.1, -0.05) is 0 Å². The first-order chi connectivity index (χ1) is 4.84. The highest BCUT2D eigenvalue weighted by Crippen LogP contribution is 2.06. The van der Waals surface area contributed by atoms with Crippen LogP contribution < -0.4 is 5.32 Å². The van der Waals surface area contributed by atoms with E-state index in [-0.39, 0.29) is 12.0 Å². The van der Waals surface area contributed by atoms with Gasteiger partial charge in [-0.25, -0.2) is 4.79 Å². The van der Waals surface area contributed by atoms with E-state index in [9.17, 15) is 4.79 Å². The predicted molar refractivity (Wildman–Crippen MR) is 40.1 cm³/mol. The quantitative estimate of drug-likeness (QED) is 0.453. The second kappa shape index (κ2) is 3.66. The molecule has 0 bridgehead atoms. The average Bonchev–Trinajstić information content (AvgIpc) is 2.38. The molecule has 0 unspecified atom stereocenters. The van der Waals surface area contributed by atoms with Crippen molar-refractivity contribution in [3.63, 3.8) is 0 Å². The summed E-state index contributed by atoms with van der Waals surface area (Å²) >= 11 is 5.32. The van der Waals surface area contributed by atoms with Crippen molar-refractivity contribution in [1.82, 2.24) is 10.2 Å². The molecule has 58 valence electrons. The van der Waals surface area contributed by atoms with Gasteiger partial charge in [-0.15, -0.1) is 11.6 Å². The van der Waals surface area contributed by atoms with Gasteiger partial charge in [-0.2, -0.15) is 0 Å². The maximum atomic E-state index is 11.0. The number of halogens is 1. The average molecular weight is 163 g/mol. The Labute approximate surface area is 65.3 Å². The van der Waals surface area contributed by atoms with Gasteiger partial charge in [-0.05, 0) is 12.8 Å². The van der Waals surface area contributed by atoms with Gasteiger partial charge < -0.3 is 10.2 Å². The molecular weight excluding hydrogens is 152 g/mol. The number of likely N-dealkylation sites (tertiary alicyclic amines) is 1. The molecule has 1 heterocycles. The predicted octanol–water partition coefficient (Wildman–Crippen LogP) is 0.988. The maximum Gasteiger partial charge on any atom is 0.318 e. The molecule has 1 aliphatic heterocycles. The third kappa shape index (κ3) is 1.77. The largest absolute Gasteiger partial charge is 0.325 e. The van der Waals surface area contributed by atoms with Crippen LogP contribution in [0.25, 0.3) is 0 Å². The van der Waals surface area contributed by atoms with E-state index in [0.717, 1.165) is 25.9 Å². The van der Waals surface area contributed by atoms with Crippen molar-refractivity contribution in [2.75, 3.05) is 19.1 Å². The summed E-state index contributed by atoms with van der Waals surface area (Å²) in [5, 5.41) is 2.54. The van der Waals surface area contributed by atoms with Crippen molar-refractivity contribution in [1.29, 1.82) is 0 Å². The molecule has 0 saturated carbocycles. The van der Waals surface area contributed by atoms with Crippen LogP contribution >= 0.6 is 11.6 Å². The smallest absolute Gasteiger partial charge is 0.318 e. The van der Waals surface area contributed by atoms with Crippen molar-refractivity contribution in [2.24, 2.45) is 0 Å². The Morgan fingerprint density at radius 1 is 1.50 bits per heavy atom. The van der Waals surface area contributed by atoms with E-state index < -0.39 is 0 Å². The number of urea groups is 1. The van der Waals surface area contributed by atoms with Gasteiger partial charge in [0.05, 0.1) is 6.00 Å². The Bertz CT molecular complexity index is 123. The van der Waals surface area contributed by atoms with Gasteiger partial charge in [0.1, 0.15) is 0 Å². The number of amides is 2. The molecule has 0 spiro atoms.